The van der Waals surface area contributed by atoms with E-state index in [1.807, 2.05) is 29.6 Å². The SMILES string of the molecule is O=C(c1cc2cc([N+](=O)[O-])ccc2o1)c1nc(-c2ccc(Br)cc2)cs1. The number of benzene rings is 2. The summed E-state index contributed by atoms with van der Waals surface area (Å²) in [6, 6.07) is 13.3. The van der Waals surface area contributed by atoms with Crippen molar-refractivity contribution in [1.82, 2.24) is 4.98 Å². The second kappa shape index (κ2) is 6.47. The van der Waals surface area contributed by atoms with Crippen molar-refractivity contribution < 1.29 is 14.1 Å². The number of halogens is 1. The van der Waals surface area contributed by atoms with Crippen molar-refractivity contribution in [3.8, 4) is 11.3 Å². The summed E-state index contributed by atoms with van der Waals surface area (Å²) in [5, 5.41) is 13.5. The number of aromatic nitrogens is 1. The molecule has 0 saturated heterocycles. The maximum Gasteiger partial charge on any atom is 0.270 e. The van der Waals surface area contributed by atoms with Gasteiger partial charge in [-0.25, -0.2) is 4.98 Å². The largest absolute Gasteiger partial charge is 0.452 e. The van der Waals surface area contributed by atoms with Crippen molar-refractivity contribution in [2.24, 2.45) is 0 Å². The second-order valence-electron chi connectivity index (χ2n) is 5.46. The highest BCUT2D eigenvalue weighted by atomic mass is 79.9. The van der Waals surface area contributed by atoms with Crippen LogP contribution in [0.2, 0.25) is 0 Å². The Bertz CT molecular complexity index is 1150. The number of furan rings is 1. The molecular weight excluding hydrogens is 420 g/mol. The van der Waals surface area contributed by atoms with Crippen LogP contribution in [0.4, 0.5) is 5.69 Å². The predicted molar refractivity (Wildman–Crippen MR) is 102 cm³/mol. The number of nitro benzene ring substituents is 1. The lowest BCUT2D eigenvalue weighted by Crippen LogP contribution is -1.98. The van der Waals surface area contributed by atoms with E-state index in [4.69, 9.17) is 4.42 Å². The van der Waals surface area contributed by atoms with Crippen LogP contribution in [-0.2, 0) is 0 Å². The van der Waals surface area contributed by atoms with Gasteiger partial charge in [-0.2, -0.15) is 0 Å². The van der Waals surface area contributed by atoms with Gasteiger partial charge >= 0.3 is 0 Å². The van der Waals surface area contributed by atoms with Crippen LogP contribution in [0.1, 0.15) is 15.6 Å². The summed E-state index contributed by atoms with van der Waals surface area (Å²) < 4.78 is 6.50. The highest BCUT2D eigenvalue weighted by molar-refractivity contribution is 9.10. The molecule has 0 saturated carbocycles. The van der Waals surface area contributed by atoms with Gasteiger partial charge in [-0.05, 0) is 24.3 Å². The fraction of sp³-hybridized carbons (Fsp3) is 0. The van der Waals surface area contributed by atoms with Crippen LogP contribution in [-0.4, -0.2) is 15.7 Å². The summed E-state index contributed by atoms with van der Waals surface area (Å²) >= 11 is 4.61. The fourth-order valence-corrected chi connectivity index (χ4v) is 3.53. The highest BCUT2D eigenvalue weighted by Gasteiger charge is 2.20. The van der Waals surface area contributed by atoms with E-state index in [-0.39, 0.29) is 17.2 Å². The number of non-ortho nitro benzene ring substituents is 1. The lowest BCUT2D eigenvalue weighted by atomic mass is 10.2. The summed E-state index contributed by atoms with van der Waals surface area (Å²) in [7, 11) is 0. The van der Waals surface area contributed by atoms with Crippen molar-refractivity contribution in [3.05, 3.63) is 79.3 Å². The molecule has 128 valence electrons. The van der Waals surface area contributed by atoms with Crippen LogP contribution < -0.4 is 0 Å². The fourth-order valence-electron chi connectivity index (χ4n) is 2.49. The average molecular weight is 429 g/mol. The van der Waals surface area contributed by atoms with Crippen LogP contribution >= 0.6 is 27.3 Å². The quantitative estimate of drug-likeness (QED) is 0.244. The normalized spacial score (nSPS) is 11.0. The molecule has 4 aromatic rings. The minimum atomic E-state index is -0.487. The van der Waals surface area contributed by atoms with E-state index < -0.39 is 4.92 Å². The third kappa shape index (κ3) is 3.04. The molecule has 0 amide bonds. The zero-order valence-corrected chi connectivity index (χ0v) is 15.4. The maximum atomic E-state index is 12.6. The number of rotatable bonds is 4. The molecule has 0 aliphatic rings. The molecule has 0 aliphatic heterocycles. The van der Waals surface area contributed by atoms with E-state index in [1.54, 1.807) is 0 Å². The third-order valence-corrected chi connectivity index (χ3v) is 5.14. The minimum Gasteiger partial charge on any atom is -0.452 e. The highest BCUT2D eigenvalue weighted by Crippen LogP contribution is 2.28. The van der Waals surface area contributed by atoms with Gasteiger partial charge in [0.2, 0.25) is 0 Å². The molecule has 0 aliphatic carbocycles. The van der Waals surface area contributed by atoms with Crippen molar-refractivity contribution in [2.75, 3.05) is 0 Å². The Hall–Kier alpha value is -2.84. The predicted octanol–water partition coefficient (Wildman–Crippen LogP) is 5.46. The standard InChI is InChI=1S/C18H9BrN2O4S/c19-12-3-1-10(2-4-12)14-9-26-18(20-14)17(22)16-8-11-7-13(21(23)24)5-6-15(11)25-16/h1-9H. The number of nitro groups is 1. The van der Waals surface area contributed by atoms with Gasteiger partial charge in [0.05, 0.1) is 10.6 Å². The Kier molecular flexibility index (Phi) is 4.14. The first-order valence-electron chi connectivity index (χ1n) is 7.45. The summed E-state index contributed by atoms with van der Waals surface area (Å²) in [4.78, 5) is 27.4. The summed E-state index contributed by atoms with van der Waals surface area (Å²) in [6.45, 7) is 0. The van der Waals surface area contributed by atoms with Crippen molar-refractivity contribution in [1.29, 1.82) is 0 Å². The minimum absolute atomic E-state index is 0.0518. The number of carbonyl (C=O) groups excluding carboxylic acids is 1. The molecule has 0 bridgehead atoms. The van der Waals surface area contributed by atoms with Gasteiger partial charge in [-0.1, -0.05) is 28.1 Å². The molecule has 0 N–H and O–H groups in total. The number of hydrogen-bond donors (Lipinski definition) is 0. The van der Waals surface area contributed by atoms with Gasteiger partial charge in [-0.15, -0.1) is 11.3 Å². The van der Waals surface area contributed by atoms with Crippen LogP contribution in [0.15, 0.2) is 62.8 Å². The van der Waals surface area contributed by atoms with Crippen LogP contribution in [0, 0.1) is 10.1 Å². The zero-order valence-electron chi connectivity index (χ0n) is 13.0. The molecule has 4 rings (SSSR count). The first-order chi connectivity index (χ1) is 12.5. The molecule has 0 unspecified atom stereocenters. The Morgan fingerprint density at radius 1 is 1.15 bits per heavy atom. The van der Waals surface area contributed by atoms with Crippen LogP contribution in [0.25, 0.3) is 22.2 Å². The van der Waals surface area contributed by atoms with Crippen LogP contribution in [0.3, 0.4) is 0 Å². The molecule has 0 spiro atoms. The third-order valence-electron chi connectivity index (χ3n) is 3.77. The molecule has 26 heavy (non-hydrogen) atoms. The summed E-state index contributed by atoms with van der Waals surface area (Å²) in [6.07, 6.45) is 0. The van der Waals surface area contributed by atoms with Crippen molar-refractivity contribution in [2.45, 2.75) is 0 Å². The molecule has 2 heterocycles. The zero-order chi connectivity index (χ0) is 18.3. The Morgan fingerprint density at radius 2 is 1.92 bits per heavy atom. The topological polar surface area (TPSA) is 86.2 Å². The number of fused-ring (bicyclic) bond motifs is 1. The molecule has 8 heteroatoms. The monoisotopic (exact) mass is 428 g/mol. The number of carbonyl (C=O) groups is 1. The Labute approximate surface area is 159 Å². The van der Waals surface area contributed by atoms with Gasteiger partial charge in [0, 0.05) is 32.9 Å². The van der Waals surface area contributed by atoms with E-state index in [2.05, 4.69) is 20.9 Å². The maximum absolute atomic E-state index is 12.6. The van der Waals surface area contributed by atoms with Crippen LogP contribution in [0.5, 0.6) is 0 Å². The Balaban J connectivity index is 1.66. The van der Waals surface area contributed by atoms with E-state index in [0.29, 0.717) is 21.7 Å². The van der Waals surface area contributed by atoms with E-state index in [1.165, 1.54) is 35.6 Å². The molecule has 0 radical (unpaired) electrons. The van der Waals surface area contributed by atoms with Gasteiger partial charge in [0.1, 0.15) is 5.58 Å². The van der Waals surface area contributed by atoms with Gasteiger partial charge in [0.25, 0.3) is 11.5 Å². The Morgan fingerprint density at radius 3 is 2.65 bits per heavy atom. The second-order valence-corrected chi connectivity index (χ2v) is 7.24. The van der Waals surface area contributed by atoms with Gasteiger partial charge < -0.3 is 4.42 Å². The lowest BCUT2D eigenvalue weighted by Gasteiger charge is -1.96. The molecule has 2 aromatic carbocycles. The summed E-state index contributed by atoms with van der Waals surface area (Å²) in [5.41, 5.74) is 1.98. The molecular formula is C18H9BrN2O4S. The van der Waals surface area contributed by atoms with Gasteiger partial charge in [0.15, 0.2) is 10.8 Å². The number of ketones is 1. The molecule has 6 nitrogen and oxygen atoms in total. The van der Waals surface area contributed by atoms with Crippen molar-refractivity contribution in [3.63, 3.8) is 0 Å². The van der Waals surface area contributed by atoms with Crippen molar-refractivity contribution >= 4 is 49.7 Å². The number of nitrogens with zero attached hydrogens (tertiary/aromatic N) is 2. The average Bonchev–Trinajstić information content (AvgIpc) is 3.28. The molecule has 0 atom stereocenters. The summed E-state index contributed by atoms with van der Waals surface area (Å²) in [5.74, 6) is -0.241. The van der Waals surface area contributed by atoms with E-state index >= 15 is 0 Å². The molecule has 2 aromatic heterocycles. The first-order valence-corrected chi connectivity index (χ1v) is 9.13. The van der Waals surface area contributed by atoms with E-state index in [9.17, 15) is 14.9 Å². The first kappa shape index (κ1) is 16.6. The lowest BCUT2D eigenvalue weighted by molar-refractivity contribution is -0.384. The number of hydrogen-bond acceptors (Lipinski definition) is 6. The van der Waals surface area contributed by atoms with Gasteiger partial charge in [-0.3, -0.25) is 14.9 Å². The van der Waals surface area contributed by atoms with E-state index in [0.717, 1.165) is 10.0 Å². The number of thiazole rings is 1. The molecule has 0 fully saturated rings. The smallest absolute Gasteiger partial charge is 0.270 e.